The summed E-state index contributed by atoms with van der Waals surface area (Å²) in [6, 6.07) is 6.32. The van der Waals surface area contributed by atoms with Crippen LogP contribution >= 0.6 is 0 Å². The zero-order valence-electron chi connectivity index (χ0n) is 10.4. The first-order valence-electron chi connectivity index (χ1n) is 5.90. The van der Waals surface area contributed by atoms with Crippen molar-refractivity contribution in [3.63, 3.8) is 0 Å². The molecule has 2 rings (SSSR count). The van der Waals surface area contributed by atoms with E-state index in [0.29, 0.717) is 13.1 Å². The quantitative estimate of drug-likeness (QED) is 0.856. The first-order chi connectivity index (χ1) is 8.11. The molecule has 1 heterocycles. The van der Waals surface area contributed by atoms with Gasteiger partial charge in [0, 0.05) is 33.2 Å². The molecule has 17 heavy (non-hydrogen) atoms. The lowest BCUT2D eigenvalue weighted by atomic mass is 10.0. The van der Waals surface area contributed by atoms with Gasteiger partial charge in [-0.3, -0.25) is 0 Å². The number of amides is 2. The van der Waals surface area contributed by atoms with Gasteiger partial charge < -0.3 is 15.5 Å². The Labute approximate surface area is 102 Å². The van der Waals surface area contributed by atoms with Gasteiger partial charge in [-0.1, -0.05) is 18.2 Å². The Balaban J connectivity index is 2.11. The minimum Gasteiger partial charge on any atom is -0.326 e. The summed E-state index contributed by atoms with van der Waals surface area (Å²) < 4.78 is 0. The Kier molecular flexibility index (Phi) is 3.33. The van der Waals surface area contributed by atoms with Crippen molar-refractivity contribution in [1.29, 1.82) is 0 Å². The molecule has 0 aliphatic carbocycles. The van der Waals surface area contributed by atoms with Crippen LogP contribution < -0.4 is 5.73 Å². The van der Waals surface area contributed by atoms with Crippen molar-refractivity contribution in [3.8, 4) is 0 Å². The molecule has 0 radical (unpaired) electrons. The number of rotatable bonds is 3. The van der Waals surface area contributed by atoms with E-state index in [2.05, 4.69) is 19.1 Å². The van der Waals surface area contributed by atoms with Crippen molar-refractivity contribution in [2.45, 2.75) is 20.0 Å². The number of hydrogen-bond donors (Lipinski definition) is 1. The van der Waals surface area contributed by atoms with Crippen LogP contribution in [0, 0.1) is 6.92 Å². The van der Waals surface area contributed by atoms with E-state index in [1.807, 2.05) is 18.0 Å². The van der Waals surface area contributed by atoms with E-state index in [-0.39, 0.29) is 6.03 Å². The van der Waals surface area contributed by atoms with Crippen LogP contribution in [0.2, 0.25) is 0 Å². The Hall–Kier alpha value is -1.55. The summed E-state index contributed by atoms with van der Waals surface area (Å²) >= 11 is 0. The molecule has 2 N–H and O–H groups in total. The fourth-order valence-electron chi connectivity index (χ4n) is 2.12. The maximum atomic E-state index is 11.8. The van der Waals surface area contributed by atoms with E-state index in [0.717, 1.165) is 18.7 Å². The highest BCUT2D eigenvalue weighted by Crippen LogP contribution is 2.16. The number of benzene rings is 1. The van der Waals surface area contributed by atoms with Gasteiger partial charge in [-0.25, -0.2) is 4.79 Å². The summed E-state index contributed by atoms with van der Waals surface area (Å²) in [5.74, 6) is 0. The summed E-state index contributed by atoms with van der Waals surface area (Å²) in [6.07, 6.45) is 0. The molecule has 0 atom stereocenters. The second-order valence-electron chi connectivity index (χ2n) is 4.59. The van der Waals surface area contributed by atoms with Gasteiger partial charge in [0.15, 0.2) is 0 Å². The molecule has 2 amide bonds. The van der Waals surface area contributed by atoms with Gasteiger partial charge in [0.05, 0.1) is 0 Å². The summed E-state index contributed by atoms with van der Waals surface area (Å²) in [7, 11) is 1.84. The van der Waals surface area contributed by atoms with Crippen LogP contribution in [0.15, 0.2) is 18.2 Å². The highest BCUT2D eigenvalue weighted by Gasteiger charge is 2.25. The number of carbonyl (C=O) groups is 1. The fourth-order valence-corrected chi connectivity index (χ4v) is 2.12. The predicted molar refractivity (Wildman–Crippen MR) is 67.5 cm³/mol. The van der Waals surface area contributed by atoms with Crippen LogP contribution in [0.3, 0.4) is 0 Å². The second kappa shape index (κ2) is 4.75. The summed E-state index contributed by atoms with van der Waals surface area (Å²) in [5, 5.41) is 0. The SMILES string of the molecule is Cc1cc(CN)ccc1CN1CCN(C)C1=O. The largest absolute Gasteiger partial charge is 0.326 e. The highest BCUT2D eigenvalue weighted by molar-refractivity contribution is 5.76. The molecule has 4 heteroatoms. The van der Waals surface area contributed by atoms with Crippen molar-refractivity contribution in [3.05, 3.63) is 34.9 Å². The molecule has 1 aliphatic rings. The molecule has 92 valence electrons. The number of hydrogen-bond acceptors (Lipinski definition) is 2. The Morgan fingerprint density at radius 3 is 2.65 bits per heavy atom. The van der Waals surface area contributed by atoms with Crippen molar-refractivity contribution in [1.82, 2.24) is 9.80 Å². The zero-order valence-corrected chi connectivity index (χ0v) is 10.4. The van der Waals surface area contributed by atoms with Crippen molar-refractivity contribution in [2.24, 2.45) is 5.73 Å². The first kappa shape index (κ1) is 11.9. The molecule has 0 aromatic heterocycles. The summed E-state index contributed by atoms with van der Waals surface area (Å²) in [4.78, 5) is 15.4. The van der Waals surface area contributed by atoms with E-state index in [1.165, 1.54) is 11.1 Å². The van der Waals surface area contributed by atoms with E-state index >= 15 is 0 Å². The third-order valence-electron chi connectivity index (χ3n) is 3.31. The minimum absolute atomic E-state index is 0.118. The average Bonchev–Trinajstić information content (AvgIpc) is 2.63. The third kappa shape index (κ3) is 2.42. The predicted octanol–water partition coefficient (Wildman–Crippen LogP) is 1.32. The molecule has 4 nitrogen and oxygen atoms in total. The molecule has 0 spiro atoms. The van der Waals surface area contributed by atoms with Crippen molar-refractivity contribution >= 4 is 6.03 Å². The maximum absolute atomic E-state index is 11.8. The molecule has 1 aromatic rings. The number of aryl methyl sites for hydroxylation is 1. The van der Waals surface area contributed by atoms with Gasteiger partial charge in [-0.2, -0.15) is 0 Å². The molecule has 1 aliphatic heterocycles. The van der Waals surface area contributed by atoms with E-state index < -0.39 is 0 Å². The molecule has 1 aromatic carbocycles. The number of carbonyl (C=O) groups excluding carboxylic acids is 1. The Bertz CT molecular complexity index is 431. The van der Waals surface area contributed by atoms with Crippen molar-refractivity contribution in [2.75, 3.05) is 20.1 Å². The van der Waals surface area contributed by atoms with E-state index in [4.69, 9.17) is 5.73 Å². The van der Waals surface area contributed by atoms with Crippen LogP contribution in [-0.2, 0) is 13.1 Å². The van der Waals surface area contributed by atoms with Gasteiger partial charge in [0.1, 0.15) is 0 Å². The van der Waals surface area contributed by atoms with Crippen LogP contribution in [0.25, 0.3) is 0 Å². The topological polar surface area (TPSA) is 49.6 Å². The van der Waals surface area contributed by atoms with E-state index in [9.17, 15) is 4.79 Å². The Morgan fingerprint density at radius 2 is 2.12 bits per heavy atom. The first-order valence-corrected chi connectivity index (χ1v) is 5.90. The number of nitrogens with two attached hydrogens (primary N) is 1. The smallest absolute Gasteiger partial charge is 0.320 e. The molecular weight excluding hydrogens is 214 g/mol. The molecule has 0 unspecified atom stereocenters. The van der Waals surface area contributed by atoms with Crippen LogP contribution in [0.1, 0.15) is 16.7 Å². The maximum Gasteiger partial charge on any atom is 0.320 e. The number of urea groups is 1. The van der Waals surface area contributed by atoms with Crippen molar-refractivity contribution < 1.29 is 4.79 Å². The van der Waals surface area contributed by atoms with Gasteiger partial charge >= 0.3 is 6.03 Å². The van der Waals surface area contributed by atoms with Gasteiger partial charge in [-0.15, -0.1) is 0 Å². The van der Waals surface area contributed by atoms with Gasteiger partial charge in [0.2, 0.25) is 0 Å². The van der Waals surface area contributed by atoms with Gasteiger partial charge in [0.25, 0.3) is 0 Å². The average molecular weight is 233 g/mol. The molecule has 1 saturated heterocycles. The molecule has 0 saturated carbocycles. The zero-order chi connectivity index (χ0) is 12.4. The normalized spacial score (nSPS) is 15.8. The standard InChI is InChI=1S/C13H19N3O/c1-10-7-11(8-14)3-4-12(10)9-16-6-5-15(2)13(16)17/h3-4,7H,5-6,8-9,14H2,1-2H3. The minimum atomic E-state index is 0.118. The second-order valence-corrected chi connectivity index (χ2v) is 4.59. The lowest BCUT2D eigenvalue weighted by molar-refractivity contribution is 0.197. The van der Waals surface area contributed by atoms with Crippen LogP contribution in [0.5, 0.6) is 0 Å². The Morgan fingerprint density at radius 1 is 1.35 bits per heavy atom. The molecule has 0 bridgehead atoms. The summed E-state index contributed by atoms with van der Waals surface area (Å²) in [6.45, 7) is 4.96. The monoisotopic (exact) mass is 233 g/mol. The molecule has 1 fully saturated rings. The lowest BCUT2D eigenvalue weighted by Crippen LogP contribution is -2.29. The fraction of sp³-hybridized carbons (Fsp3) is 0.462. The third-order valence-corrected chi connectivity index (χ3v) is 3.31. The van der Waals surface area contributed by atoms with Crippen LogP contribution in [0.4, 0.5) is 4.79 Å². The molecular formula is C13H19N3O. The highest BCUT2D eigenvalue weighted by atomic mass is 16.2. The summed E-state index contributed by atoms with van der Waals surface area (Å²) in [5.41, 5.74) is 9.14. The lowest BCUT2D eigenvalue weighted by Gasteiger charge is -2.17. The van der Waals surface area contributed by atoms with E-state index in [1.54, 1.807) is 4.90 Å². The number of nitrogens with zero attached hydrogens (tertiary/aromatic N) is 2. The van der Waals surface area contributed by atoms with Crippen LogP contribution in [-0.4, -0.2) is 36.0 Å². The van der Waals surface area contributed by atoms with Gasteiger partial charge in [-0.05, 0) is 23.6 Å². The number of likely N-dealkylation sites (N-methyl/N-ethyl adjacent to an activating group) is 1.